The van der Waals surface area contributed by atoms with Gasteiger partial charge in [0, 0.05) is 0 Å². The Kier molecular flexibility index (Phi) is 6.74. The monoisotopic (exact) mass is 187 g/mol. The summed E-state index contributed by atoms with van der Waals surface area (Å²) < 4.78 is 0. The molecule has 0 N–H and O–H groups in total. The molecule has 0 amide bonds. The molecule has 0 atom stereocenters. The van der Waals surface area contributed by atoms with Gasteiger partial charge in [0.2, 0.25) is 0 Å². The van der Waals surface area contributed by atoms with Gasteiger partial charge in [-0.05, 0) is 44.6 Å². The molecule has 0 heteroatoms. The largest absolute Gasteiger partial charge is 0.0882 e. The van der Waals surface area contributed by atoms with Crippen molar-refractivity contribution in [2.45, 2.75) is 38.5 Å². The Hall–Kier alpha value is -1.04. The molecule has 0 aromatic rings. The van der Waals surface area contributed by atoms with E-state index in [1.807, 2.05) is 0 Å². The Labute approximate surface area is 87.7 Å². The van der Waals surface area contributed by atoms with Crippen LogP contribution in [0.5, 0.6) is 0 Å². The van der Waals surface area contributed by atoms with Crippen LogP contribution in [0, 0.1) is 6.08 Å². The lowest BCUT2D eigenvalue weighted by Crippen LogP contribution is -1.70. The van der Waals surface area contributed by atoms with Gasteiger partial charge in [-0.3, -0.25) is 0 Å². The Morgan fingerprint density at radius 2 is 1.29 bits per heavy atom. The molecule has 0 bridgehead atoms. The summed E-state index contributed by atoms with van der Waals surface area (Å²) in [5, 5.41) is 0. The molecule has 1 radical (unpaired) electrons. The minimum absolute atomic E-state index is 0.956. The van der Waals surface area contributed by atoms with Crippen LogP contribution in [-0.2, 0) is 0 Å². The summed E-state index contributed by atoms with van der Waals surface area (Å²) >= 11 is 0. The molecule has 1 aliphatic rings. The van der Waals surface area contributed by atoms with E-state index in [-0.39, 0.29) is 0 Å². The van der Waals surface area contributed by atoms with Gasteiger partial charge in [-0.2, -0.15) is 0 Å². The summed E-state index contributed by atoms with van der Waals surface area (Å²) in [6, 6.07) is 0. The van der Waals surface area contributed by atoms with Gasteiger partial charge in [0.25, 0.3) is 0 Å². The minimum atomic E-state index is 0.956. The van der Waals surface area contributed by atoms with E-state index in [9.17, 15) is 0 Å². The van der Waals surface area contributed by atoms with Crippen LogP contribution in [0.15, 0.2) is 42.5 Å². The van der Waals surface area contributed by atoms with Crippen molar-refractivity contribution in [3.63, 3.8) is 0 Å². The summed E-state index contributed by atoms with van der Waals surface area (Å²) in [6.45, 7) is 0. The Balaban J connectivity index is 2.34. The summed E-state index contributed by atoms with van der Waals surface area (Å²) in [5.74, 6) is 0. The third-order valence-corrected chi connectivity index (χ3v) is 2.13. The molecule has 0 spiro atoms. The van der Waals surface area contributed by atoms with Gasteiger partial charge in [-0.1, -0.05) is 42.5 Å². The van der Waals surface area contributed by atoms with Crippen molar-refractivity contribution in [1.82, 2.24) is 0 Å². The highest BCUT2D eigenvalue weighted by molar-refractivity contribution is 4.97. The van der Waals surface area contributed by atoms with E-state index in [0.29, 0.717) is 0 Å². The van der Waals surface area contributed by atoms with Gasteiger partial charge in [0.15, 0.2) is 0 Å². The first-order valence-corrected chi connectivity index (χ1v) is 5.50. The first kappa shape index (κ1) is 11.0. The average Bonchev–Trinajstić information content (AvgIpc) is 2.22. The van der Waals surface area contributed by atoms with Gasteiger partial charge < -0.3 is 0 Å². The molecule has 0 aliphatic heterocycles. The molecule has 0 nitrogen and oxygen atoms in total. The molecule has 0 aromatic carbocycles. The molecule has 1 rings (SSSR count). The maximum atomic E-state index is 3.27. The van der Waals surface area contributed by atoms with Crippen LogP contribution in [0.25, 0.3) is 0 Å². The van der Waals surface area contributed by atoms with Crippen molar-refractivity contribution in [3.05, 3.63) is 48.6 Å². The number of hydrogen-bond donors (Lipinski definition) is 0. The first-order valence-electron chi connectivity index (χ1n) is 5.50. The summed E-state index contributed by atoms with van der Waals surface area (Å²) in [6.07, 6.45) is 25.5. The Morgan fingerprint density at radius 1 is 0.643 bits per heavy atom. The van der Waals surface area contributed by atoms with Gasteiger partial charge in [0.05, 0.1) is 0 Å². The molecule has 75 valence electrons. The van der Waals surface area contributed by atoms with Crippen LogP contribution in [-0.4, -0.2) is 0 Å². The number of rotatable bonds is 0. The van der Waals surface area contributed by atoms with Gasteiger partial charge in [-0.15, -0.1) is 0 Å². The smallest absolute Gasteiger partial charge is 0.00978 e. The number of hydrogen-bond acceptors (Lipinski definition) is 0. The second-order valence-corrected chi connectivity index (χ2v) is 3.42. The third-order valence-electron chi connectivity index (χ3n) is 2.13. The van der Waals surface area contributed by atoms with E-state index in [1.165, 1.54) is 12.8 Å². The SMILES string of the molecule is [C]1=C/CC/C=C/CC/C=C/C/C=C/C/1. The van der Waals surface area contributed by atoms with Crippen molar-refractivity contribution < 1.29 is 0 Å². The van der Waals surface area contributed by atoms with Gasteiger partial charge in [0.1, 0.15) is 0 Å². The van der Waals surface area contributed by atoms with Crippen molar-refractivity contribution in [2.24, 2.45) is 0 Å². The highest BCUT2D eigenvalue weighted by Gasteiger charge is 1.80. The molecule has 0 saturated carbocycles. The Bertz CT molecular complexity index is 204. The van der Waals surface area contributed by atoms with E-state index < -0.39 is 0 Å². The molecular weight excluding hydrogens is 168 g/mol. The molecule has 14 heavy (non-hydrogen) atoms. The number of allylic oxidation sites excluding steroid dienone is 8. The normalized spacial score (nSPS) is 28.6. The first-order chi connectivity index (χ1) is 7.00. The van der Waals surface area contributed by atoms with Gasteiger partial charge >= 0.3 is 0 Å². The maximum absolute atomic E-state index is 3.27. The predicted molar refractivity (Wildman–Crippen MR) is 62.9 cm³/mol. The van der Waals surface area contributed by atoms with Crippen molar-refractivity contribution in [2.75, 3.05) is 0 Å². The average molecular weight is 187 g/mol. The van der Waals surface area contributed by atoms with Gasteiger partial charge in [-0.25, -0.2) is 0 Å². The van der Waals surface area contributed by atoms with E-state index in [2.05, 4.69) is 48.6 Å². The standard InChI is InChI=1S/C14H19/c1-2-4-6-8-10-12-14-13-11-9-7-5-3-1/h1-2,5,7-8,10,13H,3-4,6,9,12,14H2/b2-1+,7-5+,10-8+,13-11?. The lowest BCUT2D eigenvalue weighted by molar-refractivity contribution is 0.994. The second-order valence-electron chi connectivity index (χ2n) is 3.42. The van der Waals surface area contributed by atoms with Crippen LogP contribution >= 0.6 is 0 Å². The molecule has 0 aromatic heterocycles. The zero-order valence-electron chi connectivity index (χ0n) is 8.78. The fraction of sp³-hybridized carbons (Fsp3) is 0.429. The topological polar surface area (TPSA) is 0 Å². The van der Waals surface area contributed by atoms with Crippen molar-refractivity contribution in [3.8, 4) is 0 Å². The summed E-state index contributed by atoms with van der Waals surface area (Å²) in [5.41, 5.74) is 0. The van der Waals surface area contributed by atoms with E-state index in [1.54, 1.807) is 0 Å². The molecule has 0 unspecified atom stereocenters. The predicted octanol–water partition coefficient (Wildman–Crippen LogP) is 4.37. The third kappa shape index (κ3) is 6.47. The second kappa shape index (κ2) is 8.55. The lowest BCUT2D eigenvalue weighted by atomic mass is 10.2. The van der Waals surface area contributed by atoms with Crippen LogP contribution in [0.4, 0.5) is 0 Å². The van der Waals surface area contributed by atoms with E-state index in [4.69, 9.17) is 0 Å². The highest BCUT2D eigenvalue weighted by atomic mass is 13.9. The summed E-state index contributed by atoms with van der Waals surface area (Å²) in [4.78, 5) is 0. The zero-order chi connectivity index (χ0) is 9.90. The Morgan fingerprint density at radius 3 is 2.14 bits per heavy atom. The van der Waals surface area contributed by atoms with Crippen LogP contribution in [0.2, 0.25) is 0 Å². The minimum Gasteiger partial charge on any atom is -0.0882 e. The van der Waals surface area contributed by atoms with Crippen molar-refractivity contribution in [1.29, 1.82) is 0 Å². The van der Waals surface area contributed by atoms with Crippen LogP contribution in [0.3, 0.4) is 0 Å². The molecular formula is C14H19. The highest BCUT2D eigenvalue weighted by Crippen LogP contribution is 2.00. The quantitative estimate of drug-likeness (QED) is 0.494. The van der Waals surface area contributed by atoms with Crippen LogP contribution in [0.1, 0.15) is 38.5 Å². The molecule has 0 fully saturated rings. The zero-order valence-corrected chi connectivity index (χ0v) is 8.78. The summed E-state index contributed by atoms with van der Waals surface area (Å²) in [7, 11) is 0. The molecule has 1 aliphatic carbocycles. The fourth-order valence-electron chi connectivity index (χ4n) is 1.33. The maximum Gasteiger partial charge on any atom is -0.00978 e. The van der Waals surface area contributed by atoms with E-state index >= 15 is 0 Å². The molecule has 0 heterocycles. The molecule has 0 saturated heterocycles. The van der Waals surface area contributed by atoms with Crippen molar-refractivity contribution >= 4 is 0 Å². The fourth-order valence-corrected chi connectivity index (χ4v) is 1.33. The van der Waals surface area contributed by atoms with Crippen LogP contribution < -0.4 is 0 Å². The lowest BCUT2D eigenvalue weighted by Gasteiger charge is -1.90. The van der Waals surface area contributed by atoms with E-state index in [0.717, 1.165) is 25.7 Å².